The van der Waals surface area contributed by atoms with Gasteiger partial charge in [-0.25, -0.2) is 0 Å². The number of carbonyl (C=O) groups is 8. The van der Waals surface area contributed by atoms with E-state index in [4.69, 9.17) is 64.4 Å². The monoisotopic (exact) mass is 769 g/mol. The lowest BCUT2D eigenvalue weighted by Gasteiger charge is -2.16. The molecule has 0 aliphatic rings. The summed E-state index contributed by atoms with van der Waals surface area (Å²) in [4.78, 5) is 83.9. The van der Waals surface area contributed by atoms with E-state index in [2.05, 4.69) is 35.9 Å². The lowest BCUT2D eigenvalue weighted by atomic mass is 10.1. The van der Waals surface area contributed by atoms with Crippen molar-refractivity contribution >= 4 is 84.6 Å². The second-order valence-corrected chi connectivity index (χ2v) is 11.1. The van der Waals surface area contributed by atoms with Gasteiger partial charge in [0.2, 0.25) is 11.8 Å². The number of aliphatic hydroxyl groups is 1. The summed E-state index contributed by atoms with van der Waals surface area (Å²) < 4.78 is 0. The van der Waals surface area contributed by atoms with Crippen LogP contribution < -0.4 is 39.3 Å². The number of aliphatic hydroxyl groups excluding tert-OH is 1. The van der Waals surface area contributed by atoms with Gasteiger partial charge in [-0.15, -0.1) is 0 Å². The Morgan fingerprint density at radius 3 is 1.37 bits per heavy atom. The van der Waals surface area contributed by atoms with Crippen LogP contribution in [0.2, 0.25) is 0 Å². The number of carboxylic acids is 6. The fourth-order valence-corrected chi connectivity index (χ4v) is 3.51. The summed E-state index contributed by atoms with van der Waals surface area (Å²) in [7, 11) is 0. The number of thioether (sulfide) groups is 1. The number of thiol groups is 2. The number of nitrogens with two attached hydrogens (primary N) is 5. The van der Waals surface area contributed by atoms with E-state index < -0.39 is 90.4 Å². The molecule has 4 unspecified atom stereocenters. The molecule has 0 aromatic heterocycles. The van der Waals surface area contributed by atoms with Gasteiger partial charge in [0.25, 0.3) is 0 Å². The van der Waals surface area contributed by atoms with E-state index in [1.165, 1.54) is 11.8 Å². The highest BCUT2D eigenvalue weighted by Crippen LogP contribution is 2.05. The average Bonchev–Trinajstić information content (AvgIpc) is 3.03. The first kappa shape index (κ1) is 52.4. The topological polar surface area (TPSA) is 432 Å². The molecule has 0 fully saturated rings. The maximum Gasteiger partial charge on any atom is 0.322 e. The molecule has 6 atom stereocenters. The predicted octanol–water partition coefficient (Wildman–Crippen LogP) is -5.16. The summed E-state index contributed by atoms with van der Waals surface area (Å²) in [5, 5.41) is 62.4. The van der Waals surface area contributed by atoms with Crippen molar-refractivity contribution in [3.63, 3.8) is 0 Å². The Bertz CT molecular complexity index is 1020. The molecular weight excluding hydrogens is 722 g/mol. The molecule has 49 heavy (non-hydrogen) atoms. The minimum Gasteiger partial charge on any atom is -0.480 e. The van der Waals surface area contributed by atoms with E-state index in [0.717, 1.165) is 0 Å². The first-order valence-corrected chi connectivity index (χ1v) is 16.1. The number of nitrogens with one attached hydrogen (secondary N) is 2. The van der Waals surface area contributed by atoms with Gasteiger partial charge >= 0.3 is 35.8 Å². The van der Waals surface area contributed by atoms with E-state index in [9.17, 15) is 38.4 Å². The van der Waals surface area contributed by atoms with Crippen LogP contribution in [0.15, 0.2) is 0 Å². The van der Waals surface area contributed by atoms with Gasteiger partial charge in [0.05, 0.1) is 0 Å². The van der Waals surface area contributed by atoms with Gasteiger partial charge in [0, 0.05) is 30.3 Å². The van der Waals surface area contributed by atoms with Crippen molar-refractivity contribution in [2.45, 2.75) is 61.9 Å². The van der Waals surface area contributed by atoms with E-state index in [1.807, 2.05) is 0 Å². The van der Waals surface area contributed by atoms with Gasteiger partial charge in [-0.2, -0.15) is 37.0 Å². The number of hydrogen-bond donors (Lipinski definition) is 16. The Labute approximate surface area is 295 Å². The number of aliphatic carboxylic acids is 6. The third kappa shape index (κ3) is 34.2. The van der Waals surface area contributed by atoms with Crippen LogP contribution in [0.25, 0.3) is 0 Å². The first-order chi connectivity index (χ1) is 22.6. The zero-order valence-corrected chi connectivity index (χ0v) is 28.7. The maximum atomic E-state index is 11.5. The van der Waals surface area contributed by atoms with E-state index in [-0.39, 0.29) is 43.1 Å². The summed E-state index contributed by atoms with van der Waals surface area (Å²) in [6.45, 7) is -0.740. The highest BCUT2D eigenvalue weighted by Gasteiger charge is 2.21. The van der Waals surface area contributed by atoms with Gasteiger partial charge in [-0.1, -0.05) is 0 Å². The fourth-order valence-electron chi connectivity index (χ4n) is 2.11. The molecule has 0 aliphatic carbocycles. The second-order valence-electron chi connectivity index (χ2n) is 9.23. The van der Waals surface area contributed by atoms with Crippen LogP contribution in [-0.2, 0) is 38.4 Å². The molecule has 0 radical (unpaired) electrons. The molecule has 25 heteroatoms. The number of rotatable bonds is 21. The summed E-state index contributed by atoms with van der Waals surface area (Å²) in [6, 6.07) is -5.67. The summed E-state index contributed by atoms with van der Waals surface area (Å²) in [5.74, 6) is -6.93. The highest BCUT2D eigenvalue weighted by atomic mass is 32.2. The number of hydrogen-bond acceptors (Lipinski definition) is 17. The van der Waals surface area contributed by atoms with Crippen molar-refractivity contribution < 1.29 is 74.1 Å². The third-order valence-corrected chi connectivity index (χ3v) is 6.90. The van der Waals surface area contributed by atoms with Crippen molar-refractivity contribution in [2.75, 3.05) is 36.2 Å². The standard InChI is InChI=1S/C10H17N3O6S.C7H14N2O4S.C4H9NO3.C3H7NO2S/c11-5(10(18)19)1-2-7(14)13-6(4-20)9(17)12-3-8(15)16;8-4(6(10)11)1-2-14-3-5(9)7(12)13;5-3(1-2-6)4(7)8;4-2(1-7)3(5)6/h5-6,20H,1-4,11H2,(H,12,17)(H,13,14)(H,15,16)(H,18,19);4-5H,1-3,8-9H2,(H,10,11)(H,12,13);3,6H,1-2,5H2,(H,7,8);2,7H,1,4H2,(H,5,6)/t5-,6-;;;/m0.../s1. The Morgan fingerprint density at radius 2 is 1.04 bits per heavy atom. The SMILES string of the molecule is NC(CCO)C(=O)O.NC(CCSCC(N)C(=O)O)C(=O)O.NC(CS)C(=O)O.N[C@@H](CCC(=O)N[C@@H](CS)C(=O)NCC(=O)O)C(=O)O. The van der Waals surface area contributed by atoms with Gasteiger partial charge in [-0.05, 0) is 25.0 Å². The van der Waals surface area contributed by atoms with Crippen LogP contribution >= 0.6 is 37.0 Å². The maximum absolute atomic E-state index is 11.5. The molecule has 0 aromatic carbocycles. The number of carbonyl (C=O) groups excluding carboxylic acids is 2. The minimum absolute atomic E-state index is 0.0256. The van der Waals surface area contributed by atoms with Crippen molar-refractivity contribution in [1.82, 2.24) is 10.6 Å². The van der Waals surface area contributed by atoms with Gasteiger partial charge < -0.3 is 75.0 Å². The first-order valence-electron chi connectivity index (χ1n) is 13.7. The molecule has 0 spiro atoms. The molecule has 0 aliphatic heterocycles. The zero-order valence-electron chi connectivity index (χ0n) is 26.1. The van der Waals surface area contributed by atoms with Crippen molar-refractivity contribution in [2.24, 2.45) is 28.7 Å². The van der Waals surface area contributed by atoms with Gasteiger partial charge in [0.1, 0.15) is 42.8 Å². The van der Waals surface area contributed by atoms with E-state index >= 15 is 0 Å². The fraction of sp³-hybridized carbons (Fsp3) is 0.667. The summed E-state index contributed by atoms with van der Waals surface area (Å²) >= 11 is 8.81. The average molecular weight is 770 g/mol. The van der Waals surface area contributed by atoms with Crippen LogP contribution in [0.1, 0.15) is 25.7 Å². The van der Waals surface area contributed by atoms with Crippen molar-refractivity contribution in [1.29, 1.82) is 0 Å². The van der Waals surface area contributed by atoms with Crippen molar-refractivity contribution in [3.05, 3.63) is 0 Å². The smallest absolute Gasteiger partial charge is 0.322 e. The third-order valence-electron chi connectivity index (χ3n) is 5.02. The molecule has 19 N–H and O–H groups in total. The Morgan fingerprint density at radius 1 is 0.612 bits per heavy atom. The van der Waals surface area contributed by atoms with E-state index in [1.54, 1.807) is 0 Å². The summed E-state index contributed by atoms with van der Waals surface area (Å²) in [6.07, 6.45) is 0.197. The highest BCUT2D eigenvalue weighted by molar-refractivity contribution is 7.99. The number of amides is 2. The van der Waals surface area contributed by atoms with Crippen molar-refractivity contribution in [3.8, 4) is 0 Å². The Kier molecular flexibility index (Phi) is 34.0. The lowest BCUT2D eigenvalue weighted by Crippen LogP contribution is -2.49. The van der Waals surface area contributed by atoms with Crippen LogP contribution in [-0.4, -0.2) is 156 Å². The molecule has 0 aromatic rings. The normalized spacial score (nSPS) is 13.6. The second kappa shape index (κ2) is 31.8. The molecule has 0 bridgehead atoms. The number of carboxylic acid groups (broad SMARTS) is 6. The molecule has 0 saturated heterocycles. The zero-order chi connectivity index (χ0) is 39.3. The largest absolute Gasteiger partial charge is 0.480 e. The quantitative estimate of drug-likeness (QED) is 0.0383. The summed E-state index contributed by atoms with van der Waals surface area (Å²) in [5.41, 5.74) is 25.6. The van der Waals surface area contributed by atoms with E-state index in [0.29, 0.717) is 12.2 Å². The lowest BCUT2D eigenvalue weighted by molar-refractivity contribution is -0.140. The molecule has 0 saturated carbocycles. The molecular formula is C24H47N7O15S3. The minimum atomic E-state index is -1.22. The van der Waals surface area contributed by atoms with Gasteiger partial charge in [-0.3, -0.25) is 38.4 Å². The molecule has 2 amide bonds. The van der Waals surface area contributed by atoms with Crippen LogP contribution in [0.3, 0.4) is 0 Å². The van der Waals surface area contributed by atoms with Crippen LogP contribution in [0.5, 0.6) is 0 Å². The molecule has 22 nitrogen and oxygen atoms in total. The molecule has 286 valence electrons. The van der Waals surface area contributed by atoms with Crippen LogP contribution in [0, 0.1) is 0 Å². The molecule has 0 heterocycles. The predicted molar refractivity (Wildman–Crippen MR) is 181 cm³/mol. The Balaban J connectivity index is -0.000000302. The van der Waals surface area contributed by atoms with Crippen LogP contribution in [0.4, 0.5) is 0 Å². The van der Waals surface area contributed by atoms with Gasteiger partial charge in [0.15, 0.2) is 0 Å². The Hall–Kier alpha value is -3.43. The molecule has 0 rings (SSSR count).